The second-order valence-corrected chi connectivity index (χ2v) is 11.3. The Morgan fingerprint density at radius 3 is 1.74 bits per heavy atom. The molecular weight excluding hydrogens is 578 g/mol. The summed E-state index contributed by atoms with van der Waals surface area (Å²) in [5.41, 5.74) is 7.93. The highest BCUT2D eigenvalue weighted by Gasteiger charge is 2.17. The van der Waals surface area contributed by atoms with E-state index in [-0.39, 0.29) is 0 Å². The lowest BCUT2D eigenvalue weighted by Gasteiger charge is -2.11. The van der Waals surface area contributed by atoms with Gasteiger partial charge in [0.15, 0.2) is 23.1 Å². The first kappa shape index (κ1) is 26.8. The Morgan fingerprint density at radius 2 is 0.979 bits per heavy atom. The minimum Gasteiger partial charge on any atom is -0.454 e. The number of pyridine rings is 2. The molecule has 0 bridgehead atoms. The van der Waals surface area contributed by atoms with E-state index < -0.39 is 0 Å². The molecule has 0 saturated heterocycles. The van der Waals surface area contributed by atoms with Crippen LogP contribution in [0.4, 0.5) is 0 Å². The van der Waals surface area contributed by atoms with Crippen molar-refractivity contribution in [2.75, 3.05) is 0 Å². The first-order valence-corrected chi connectivity index (χ1v) is 15.4. The van der Waals surface area contributed by atoms with Crippen LogP contribution in [0.25, 0.3) is 89.4 Å². The average Bonchev–Trinajstić information content (AvgIpc) is 3.54. The summed E-state index contributed by atoms with van der Waals surface area (Å²) in [6, 6.07) is 46.9. The molecule has 6 heteroatoms. The van der Waals surface area contributed by atoms with Crippen LogP contribution in [-0.4, -0.2) is 24.9 Å². The molecule has 0 aliphatic rings. The largest absolute Gasteiger partial charge is 0.454 e. The Labute approximate surface area is 270 Å². The number of fused-ring (bicyclic) bond motifs is 4. The standard InChI is InChI=1S/C41H25N5O/c1-3-10-27(11-4-1)39-44-40(28-12-5-2-6-13-28)46-41(45-39)31-15-9-14-29(24-31)30-19-18-26-20-22-42-36(34(26)25-30)37-38-33(21-23-43-37)32-16-7-8-17-35(32)47-38/h1-25H. The van der Waals surface area contributed by atoms with Gasteiger partial charge in [-0.2, -0.15) is 0 Å². The molecule has 0 saturated carbocycles. The van der Waals surface area contributed by atoms with Gasteiger partial charge in [0.2, 0.25) is 0 Å². The molecule has 4 heterocycles. The van der Waals surface area contributed by atoms with Crippen molar-refractivity contribution in [3.8, 4) is 56.7 Å². The number of hydrogen-bond acceptors (Lipinski definition) is 6. The maximum atomic E-state index is 6.33. The van der Waals surface area contributed by atoms with E-state index in [4.69, 9.17) is 29.3 Å². The first-order chi connectivity index (χ1) is 23.3. The summed E-state index contributed by atoms with van der Waals surface area (Å²) in [5, 5.41) is 4.15. The summed E-state index contributed by atoms with van der Waals surface area (Å²) >= 11 is 0. The number of aromatic nitrogens is 5. The van der Waals surface area contributed by atoms with E-state index in [1.807, 2.05) is 116 Å². The first-order valence-electron chi connectivity index (χ1n) is 15.4. The lowest BCUT2D eigenvalue weighted by atomic mass is 9.98. The summed E-state index contributed by atoms with van der Waals surface area (Å²) in [6.07, 6.45) is 3.66. The smallest absolute Gasteiger partial charge is 0.164 e. The van der Waals surface area contributed by atoms with Crippen molar-refractivity contribution in [2.24, 2.45) is 0 Å². The monoisotopic (exact) mass is 603 g/mol. The zero-order valence-corrected chi connectivity index (χ0v) is 25.1. The number of furan rings is 1. The van der Waals surface area contributed by atoms with Gasteiger partial charge in [0.05, 0.1) is 0 Å². The fourth-order valence-electron chi connectivity index (χ4n) is 6.13. The molecule has 0 fully saturated rings. The van der Waals surface area contributed by atoms with Crippen LogP contribution in [0.5, 0.6) is 0 Å². The van der Waals surface area contributed by atoms with Crippen LogP contribution in [0.3, 0.4) is 0 Å². The molecule has 0 spiro atoms. The van der Waals surface area contributed by atoms with Crippen LogP contribution in [-0.2, 0) is 0 Å². The highest BCUT2D eigenvalue weighted by Crippen LogP contribution is 2.37. The predicted octanol–water partition coefficient (Wildman–Crippen LogP) is 10.0. The van der Waals surface area contributed by atoms with Gasteiger partial charge in [0.25, 0.3) is 0 Å². The molecule has 0 unspecified atom stereocenters. The number of benzene rings is 5. The van der Waals surface area contributed by atoms with Crippen molar-refractivity contribution >= 4 is 32.7 Å². The quantitative estimate of drug-likeness (QED) is 0.195. The molecule has 9 aromatic rings. The Hall–Kier alpha value is -6.53. The zero-order valence-electron chi connectivity index (χ0n) is 25.1. The maximum Gasteiger partial charge on any atom is 0.164 e. The molecular formula is C41H25N5O. The van der Waals surface area contributed by atoms with Gasteiger partial charge in [-0.3, -0.25) is 9.97 Å². The molecule has 0 N–H and O–H groups in total. The molecule has 0 radical (unpaired) electrons. The summed E-state index contributed by atoms with van der Waals surface area (Å²) < 4.78 is 6.33. The summed E-state index contributed by atoms with van der Waals surface area (Å²) in [5.74, 6) is 1.88. The Kier molecular flexibility index (Phi) is 6.35. The van der Waals surface area contributed by atoms with E-state index in [0.29, 0.717) is 17.5 Å². The van der Waals surface area contributed by atoms with E-state index in [2.05, 4.69) is 36.4 Å². The second-order valence-electron chi connectivity index (χ2n) is 11.3. The SMILES string of the molecule is c1ccc(-c2nc(-c3ccccc3)nc(-c3cccc(-c4ccc5ccnc(-c6nccc7c6oc6ccccc67)c5c4)c3)n2)cc1. The molecule has 0 aliphatic heterocycles. The minimum atomic E-state index is 0.614. The Bertz CT molecular complexity index is 2520. The molecule has 0 amide bonds. The molecule has 220 valence electrons. The minimum absolute atomic E-state index is 0.614. The highest BCUT2D eigenvalue weighted by atomic mass is 16.3. The highest BCUT2D eigenvalue weighted by molar-refractivity contribution is 6.10. The van der Waals surface area contributed by atoms with Crippen LogP contribution < -0.4 is 0 Å². The van der Waals surface area contributed by atoms with Crippen LogP contribution in [0, 0.1) is 0 Å². The van der Waals surface area contributed by atoms with Crippen molar-refractivity contribution in [3.05, 3.63) is 152 Å². The molecule has 47 heavy (non-hydrogen) atoms. The third-order valence-corrected chi connectivity index (χ3v) is 8.44. The van der Waals surface area contributed by atoms with E-state index in [0.717, 1.165) is 71.9 Å². The second kappa shape index (κ2) is 11.1. The fraction of sp³-hybridized carbons (Fsp3) is 0. The van der Waals surface area contributed by atoms with Crippen molar-refractivity contribution in [2.45, 2.75) is 0 Å². The summed E-state index contributed by atoms with van der Waals surface area (Å²) in [7, 11) is 0. The van der Waals surface area contributed by atoms with Gasteiger partial charge in [0, 0.05) is 45.2 Å². The molecule has 0 atom stereocenters. The van der Waals surface area contributed by atoms with E-state index in [9.17, 15) is 0 Å². The Morgan fingerprint density at radius 1 is 0.383 bits per heavy atom. The van der Waals surface area contributed by atoms with Gasteiger partial charge < -0.3 is 4.42 Å². The molecule has 4 aromatic heterocycles. The van der Waals surface area contributed by atoms with Gasteiger partial charge in [-0.1, -0.05) is 109 Å². The third kappa shape index (κ3) is 4.80. The number of para-hydroxylation sites is 1. The van der Waals surface area contributed by atoms with Crippen molar-refractivity contribution in [1.29, 1.82) is 0 Å². The Balaban J connectivity index is 1.17. The van der Waals surface area contributed by atoms with Crippen LogP contribution in [0.1, 0.15) is 0 Å². The molecule has 5 aromatic carbocycles. The molecule has 6 nitrogen and oxygen atoms in total. The molecule has 9 rings (SSSR count). The van der Waals surface area contributed by atoms with Crippen LogP contribution >= 0.6 is 0 Å². The number of nitrogens with zero attached hydrogens (tertiary/aromatic N) is 5. The lowest BCUT2D eigenvalue weighted by Crippen LogP contribution is -2.00. The van der Waals surface area contributed by atoms with Crippen molar-refractivity contribution in [1.82, 2.24) is 24.9 Å². The molecule has 0 aliphatic carbocycles. The predicted molar refractivity (Wildman–Crippen MR) is 187 cm³/mol. The van der Waals surface area contributed by atoms with Crippen LogP contribution in [0.2, 0.25) is 0 Å². The fourth-order valence-corrected chi connectivity index (χ4v) is 6.13. The van der Waals surface area contributed by atoms with Gasteiger partial charge in [-0.15, -0.1) is 0 Å². The normalized spacial score (nSPS) is 11.4. The van der Waals surface area contributed by atoms with Gasteiger partial charge in [0.1, 0.15) is 17.0 Å². The van der Waals surface area contributed by atoms with Gasteiger partial charge in [-0.25, -0.2) is 15.0 Å². The number of hydrogen-bond donors (Lipinski definition) is 0. The van der Waals surface area contributed by atoms with Gasteiger partial charge in [-0.05, 0) is 46.8 Å². The van der Waals surface area contributed by atoms with E-state index in [1.165, 1.54) is 0 Å². The average molecular weight is 604 g/mol. The third-order valence-electron chi connectivity index (χ3n) is 8.44. The lowest BCUT2D eigenvalue weighted by molar-refractivity contribution is 0.668. The summed E-state index contributed by atoms with van der Waals surface area (Å²) in [6.45, 7) is 0. The number of rotatable bonds is 5. The van der Waals surface area contributed by atoms with E-state index >= 15 is 0 Å². The van der Waals surface area contributed by atoms with Crippen LogP contribution in [0.15, 0.2) is 156 Å². The van der Waals surface area contributed by atoms with Gasteiger partial charge >= 0.3 is 0 Å². The summed E-state index contributed by atoms with van der Waals surface area (Å²) in [4.78, 5) is 24.3. The maximum absolute atomic E-state index is 6.33. The van der Waals surface area contributed by atoms with Crippen molar-refractivity contribution < 1.29 is 4.42 Å². The van der Waals surface area contributed by atoms with Crippen molar-refractivity contribution in [3.63, 3.8) is 0 Å². The zero-order chi connectivity index (χ0) is 31.2. The van der Waals surface area contributed by atoms with E-state index in [1.54, 1.807) is 0 Å². The topological polar surface area (TPSA) is 77.6 Å².